The molecule has 2 heterocycles. The minimum atomic E-state index is -1.42. The van der Waals surface area contributed by atoms with Crippen LogP contribution in [0.4, 0.5) is 9.18 Å². The summed E-state index contributed by atoms with van der Waals surface area (Å²) in [7, 11) is 0. The monoisotopic (exact) mass is 308 g/mol. The zero-order valence-electron chi connectivity index (χ0n) is 13.2. The maximum absolute atomic E-state index is 14.8. The molecule has 0 unspecified atom stereocenters. The van der Waals surface area contributed by atoms with Crippen LogP contribution in [0.1, 0.15) is 39.2 Å². The van der Waals surface area contributed by atoms with E-state index in [0.29, 0.717) is 18.7 Å². The van der Waals surface area contributed by atoms with Gasteiger partial charge in [0, 0.05) is 32.1 Å². The van der Waals surface area contributed by atoms with E-state index in [4.69, 9.17) is 10.00 Å². The van der Waals surface area contributed by atoms with E-state index in [1.165, 1.54) is 22.0 Å². The molecule has 1 amide bonds. The number of piperidine rings is 1. The van der Waals surface area contributed by atoms with Crippen molar-refractivity contribution in [2.45, 2.75) is 51.4 Å². The Balaban J connectivity index is 1.90. The lowest BCUT2D eigenvalue weighted by atomic mass is 9.93. The molecule has 0 aromatic carbocycles. The SMILES string of the molecule is CC(C)(C)OC(=O)N1CCC(F)(Cn2cc(C#N)cn2)CC1. The fourth-order valence-electron chi connectivity index (χ4n) is 2.37. The highest BCUT2D eigenvalue weighted by atomic mass is 19.1. The van der Waals surface area contributed by atoms with Gasteiger partial charge in [-0.1, -0.05) is 0 Å². The molecular weight excluding hydrogens is 287 g/mol. The molecule has 1 fully saturated rings. The molecule has 1 aromatic heterocycles. The predicted molar refractivity (Wildman–Crippen MR) is 77.8 cm³/mol. The Labute approximate surface area is 129 Å². The van der Waals surface area contributed by atoms with E-state index in [-0.39, 0.29) is 19.4 Å². The van der Waals surface area contributed by atoms with Crippen molar-refractivity contribution in [3.63, 3.8) is 0 Å². The Kier molecular flexibility index (Phi) is 4.40. The quantitative estimate of drug-likeness (QED) is 0.841. The first-order chi connectivity index (χ1) is 10.2. The van der Waals surface area contributed by atoms with Crippen LogP contribution in [-0.4, -0.2) is 45.1 Å². The van der Waals surface area contributed by atoms with Gasteiger partial charge in [0.1, 0.15) is 17.3 Å². The number of hydrogen-bond donors (Lipinski definition) is 0. The molecule has 0 saturated carbocycles. The zero-order valence-corrected chi connectivity index (χ0v) is 13.2. The van der Waals surface area contributed by atoms with E-state index in [1.807, 2.05) is 6.07 Å². The minimum Gasteiger partial charge on any atom is -0.444 e. The van der Waals surface area contributed by atoms with Gasteiger partial charge in [0.15, 0.2) is 0 Å². The topological polar surface area (TPSA) is 71.2 Å². The van der Waals surface area contributed by atoms with Crippen LogP contribution in [0, 0.1) is 11.3 Å². The number of carbonyl (C=O) groups excluding carboxylic acids is 1. The van der Waals surface area contributed by atoms with E-state index in [2.05, 4.69) is 5.10 Å². The number of carbonyl (C=O) groups is 1. The van der Waals surface area contributed by atoms with E-state index in [1.54, 1.807) is 20.8 Å². The van der Waals surface area contributed by atoms with Gasteiger partial charge in [0.2, 0.25) is 0 Å². The number of rotatable bonds is 2. The molecule has 1 saturated heterocycles. The van der Waals surface area contributed by atoms with E-state index in [0.717, 1.165) is 0 Å². The molecule has 6 nitrogen and oxygen atoms in total. The fourth-order valence-corrected chi connectivity index (χ4v) is 2.37. The average Bonchev–Trinajstić information content (AvgIpc) is 2.84. The first kappa shape index (κ1) is 16.3. The molecule has 0 spiro atoms. The van der Waals surface area contributed by atoms with Crippen LogP contribution in [0.2, 0.25) is 0 Å². The van der Waals surface area contributed by atoms with Gasteiger partial charge in [-0.05, 0) is 20.8 Å². The number of likely N-dealkylation sites (tertiary alicyclic amines) is 1. The van der Waals surface area contributed by atoms with Crippen molar-refractivity contribution >= 4 is 6.09 Å². The number of ether oxygens (including phenoxy) is 1. The Morgan fingerprint density at radius 3 is 2.64 bits per heavy atom. The van der Waals surface area contributed by atoms with Crippen LogP contribution in [-0.2, 0) is 11.3 Å². The number of nitriles is 1. The highest BCUT2D eigenvalue weighted by Gasteiger charge is 2.37. The van der Waals surface area contributed by atoms with Crippen molar-refractivity contribution in [3.8, 4) is 6.07 Å². The van der Waals surface area contributed by atoms with Gasteiger partial charge in [0.05, 0.1) is 18.3 Å². The summed E-state index contributed by atoms with van der Waals surface area (Å²) in [4.78, 5) is 13.5. The summed E-state index contributed by atoms with van der Waals surface area (Å²) in [6.45, 7) is 6.14. The summed E-state index contributed by atoms with van der Waals surface area (Å²) in [5, 5.41) is 12.7. The first-order valence-electron chi connectivity index (χ1n) is 7.30. The Morgan fingerprint density at radius 1 is 1.50 bits per heavy atom. The van der Waals surface area contributed by atoms with E-state index in [9.17, 15) is 9.18 Å². The number of nitrogens with zero attached hydrogens (tertiary/aromatic N) is 4. The van der Waals surface area contributed by atoms with Gasteiger partial charge in [-0.2, -0.15) is 10.4 Å². The Hall–Kier alpha value is -2.10. The molecule has 1 aromatic rings. The molecule has 0 bridgehead atoms. The second-order valence-corrected chi connectivity index (χ2v) is 6.66. The van der Waals surface area contributed by atoms with Crippen LogP contribution < -0.4 is 0 Å². The van der Waals surface area contributed by atoms with Crippen LogP contribution >= 0.6 is 0 Å². The van der Waals surface area contributed by atoms with Gasteiger partial charge in [-0.15, -0.1) is 0 Å². The summed E-state index contributed by atoms with van der Waals surface area (Å²) in [5.41, 5.74) is -1.56. The van der Waals surface area contributed by atoms with Gasteiger partial charge in [-0.3, -0.25) is 4.68 Å². The standard InChI is InChI=1S/C15H21FN4O2/c1-14(2,3)22-13(21)19-6-4-15(16,5-7-19)11-20-10-12(8-17)9-18-20/h9-10H,4-7,11H2,1-3H3. The Morgan fingerprint density at radius 2 is 2.14 bits per heavy atom. The average molecular weight is 308 g/mol. The first-order valence-corrected chi connectivity index (χ1v) is 7.30. The molecular formula is C15H21FN4O2. The summed E-state index contributed by atoms with van der Waals surface area (Å²) < 4.78 is 21.6. The molecule has 1 aliphatic heterocycles. The van der Waals surface area contributed by atoms with Crippen LogP contribution in [0.3, 0.4) is 0 Å². The number of hydrogen-bond acceptors (Lipinski definition) is 4. The number of alkyl halides is 1. The second-order valence-electron chi connectivity index (χ2n) is 6.66. The largest absolute Gasteiger partial charge is 0.444 e. The van der Waals surface area contributed by atoms with E-state index >= 15 is 0 Å². The third-order valence-electron chi connectivity index (χ3n) is 3.52. The molecule has 22 heavy (non-hydrogen) atoms. The van der Waals surface area contributed by atoms with Crippen LogP contribution in [0.5, 0.6) is 0 Å². The van der Waals surface area contributed by atoms with Crippen molar-refractivity contribution < 1.29 is 13.9 Å². The van der Waals surface area contributed by atoms with Crippen molar-refractivity contribution in [2.24, 2.45) is 0 Å². The number of aromatic nitrogens is 2. The smallest absolute Gasteiger partial charge is 0.410 e. The molecule has 2 rings (SSSR count). The lowest BCUT2D eigenvalue weighted by Gasteiger charge is -2.36. The normalized spacial score (nSPS) is 17.9. The summed E-state index contributed by atoms with van der Waals surface area (Å²) in [5.74, 6) is 0. The molecule has 0 atom stereocenters. The Bertz CT molecular complexity index is 577. The third-order valence-corrected chi connectivity index (χ3v) is 3.52. The summed E-state index contributed by atoms with van der Waals surface area (Å²) in [6.07, 6.45) is 3.00. The van der Waals surface area contributed by atoms with Crippen molar-refractivity contribution in [2.75, 3.05) is 13.1 Å². The molecule has 0 N–H and O–H groups in total. The van der Waals surface area contributed by atoms with Crippen LogP contribution in [0.25, 0.3) is 0 Å². The van der Waals surface area contributed by atoms with Crippen molar-refractivity contribution in [1.29, 1.82) is 5.26 Å². The minimum absolute atomic E-state index is 0.0941. The van der Waals surface area contributed by atoms with Gasteiger partial charge < -0.3 is 9.64 Å². The summed E-state index contributed by atoms with van der Waals surface area (Å²) >= 11 is 0. The van der Waals surface area contributed by atoms with Gasteiger partial charge in [-0.25, -0.2) is 9.18 Å². The molecule has 0 aliphatic carbocycles. The molecule has 120 valence electrons. The fraction of sp³-hybridized carbons (Fsp3) is 0.667. The zero-order chi connectivity index (χ0) is 16.4. The molecule has 0 radical (unpaired) electrons. The number of amides is 1. The predicted octanol–water partition coefficient (Wildman–Crippen LogP) is 2.49. The van der Waals surface area contributed by atoms with Crippen molar-refractivity contribution in [1.82, 2.24) is 14.7 Å². The lowest BCUT2D eigenvalue weighted by molar-refractivity contribution is -0.00134. The van der Waals surface area contributed by atoms with Crippen LogP contribution in [0.15, 0.2) is 12.4 Å². The second kappa shape index (κ2) is 5.95. The maximum atomic E-state index is 14.8. The third kappa shape index (κ3) is 4.20. The summed E-state index contributed by atoms with van der Waals surface area (Å²) in [6, 6.07) is 1.97. The van der Waals surface area contributed by atoms with Gasteiger partial charge >= 0.3 is 6.09 Å². The van der Waals surface area contributed by atoms with Gasteiger partial charge in [0.25, 0.3) is 0 Å². The lowest BCUT2D eigenvalue weighted by Crippen LogP contribution is -2.47. The highest BCUT2D eigenvalue weighted by Crippen LogP contribution is 2.29. The molecule has 1 aliphatic rings. The van der Waals surface area contributed by atoms with E-state index < -0.39 is 17.4 Å². The highest BCUT2D eigenvalue weighted by molar-refractivity contribution is 5.68. The maximum Gasteiger partial charge on any atom is 0.410 e. The molecule has 7 heteroatoms. The number of halogens is 1. The van der Waals surface area contributed by atoms with Crippen molar-refractivity contribution in [3.05, 3.63) is 18.0 Å².